The van der Waals surface area contributed by atoms with E-state index in [1.54, 1.807) is 18.3 Å². The topological polar surface area (TPSA) is 59.9 Å². The Labute approximate surface area is 112 Å². The fourth-order valence-electron chi connectivity index (χ4n) is 1.44. The van der Waals surface area contributed by atoms with Gasteiger partial charge in [-0.25, -0.2) is 4.98 Å². The molecule has 20 heavy (non-hydrogen) atoms. The van der Waals surface area contributed by atoms with Gasteiger partial charge in [0.15, 0.2) is 5.69 Å². The molecule has 5 nitrogen and oxygen atoms in total. The van der Waals surface area contributed by atoms with Crippen LogP contribution in [0.1, 0.15) is 11.3 Å². The molecule has 8 heteroatoms. The van der Waals surface area contributed by atoms with Gasteiger partial charge in [0.1, 0.15) is 5.82 Å². The van der Waals surface area contributed by atoms with Gasteiger partial charge in [-0.3, -0.25) is 0 Å². The van der Waals surface area contributed by atoms with Gasteiger partial charge in [-0.1, -0.05) is 0 Å². The Bertz CT molecular complexity index is 572. The third-order valence-corrected chi connectivity index (χ3v) is 2.44. The SMILES string of the molecule is COc1cc(CNc2ccc(C(F)(F)F)nn2)ccn1. The predicted octanol–water partition coefficient (Wildman–Crippen LogP) is 2.51. The highest BCUT2D eigenvalue weighted by Crippen LogP contribution is 2.27. The molecule has 0 aliphatic carbocycles. The Morgan fingerprint density at radius 1 is 1.20 bits per heavy atom. The van der Waals surface area contributed by atoms with Gasteiger partial charge in [-0.05, 0) is 23.8 Å². The average Bonchev–Trinajstić information content (AvgIpc) is 2.45. The quantitative estimate of drug-likeness (QED) is 0.934. The third-order valence-electron chi connectivity index (χ3n) is 2.44. The summed E-state index contributed by atoms with van der Waals surface area (Å²) in [6.07, 6.45) is -2.90. The molecule has 2 aromatic rings. The number of hydrogen-bond acceptors (Lipinski definition) is 5. The number of aromatic nitrogens is 3. The zero-order valence-corrected chi connectivity index (χ0v) is 10.5. The second kappa shape index (κ2) is 5.72. The first-order chi connectivity index (χ1) is 9.49. The van der Waals surface area contributed by atoms with E-state index in [0.29, 0.717) is 12.4 Å². The summed E-state index contributed by atoms with van der Waals surface area (Å²) < 4.78 is 41.9. The first kappa shape index (κ1) is 14.0. The van der Waals surface area contributed by atoms with E-state index in [2.05, 4.69) is 20.5 Å². The molecule has 2 heterocycles. The maximum Gasteiger partial charge on any atom is 0.435 e. The Morgan fingerprint density at radius 2 is 2.00 bits per heavy atom. The number of methoxy groups -OCH3 is 1. The van der Waals surface area contributed by atoms with E-state index in [-0.39, 0.29) is 5.82 Å². The van der Waals surface area contributed by atoms with Crippen LogP contribution in [0.25, 0.3) is 0 Å². The molecule has 0 radical (unpaired) electrons. The van der Waals surface area contributed by atoms with Gasteiger partial charge in [-0.2, -0.15) is 13.2 Å². The van der Waals surface area contributed by atoms with Crippen LogP contribution in [0.2, 0.25) is 0 Å². The average molecular weight is 284 g/mol. The first-order valence-electron chi connectivity index (χ1n) is 5.63. The van der Waals surface area contributed by atoms with Crippen molar-refractivity contribution >= 4 is 5.82 Å². The van der Waals surface area contributed by atoms with Crippen LogP contribution in [0.15, 0.2) is 30.5 Å². The van der Waals surface area contributed by atoms with Crippen molar-refractivity contribution in [2.45, 2.75) is 12.7 Å². The minimum absolute atomic E-state index is 0.258. The second-order valence-corrected chi connectivity index (χ2v) is 3.86. The smallest absolute Gasteiger partial charge is 0.435 e. The van der Waals surface area contributed by atoms with Gasteiger partial charge in [0.25, 0.3) is 0 Å². The highest BCUT2D eigenvalue weighted by Gasteiger charge is 2.32. The van der Waals surface area contributed by atoms with Crippen molar-refractivity contribution in [2.24, 2.45) is 0 Å². The summed E-state index contributed by atoms with van der Waals surface area (Å²) in [7, 11) is 1.50. The van der Waals surface area contributed by atoms with Crippen molar-refractivity contribution in [3.05, 3.63) is 41.7 Å². The third kappa shape index (κ3) is 3.56. The lowest BCUT2D eigenvalue weighted by molar-refractivity contribution is -0.141. The molecule has 0 unspecified atom stereocenters. The molecule has 2 aromatic heterocycles. The van der Waals surface area contributed by atoms with E-state index < -0.39 is 11.9 Å². The molecule has 0 atom stereocenters. The van der Waals surface area contributed by atoms with Crippen LogP contribution in [-0.4, -0.2) is 22.3 Å². The Balaban J connectivity index is 2.00. The van der Waals surface area contributed by atoms with Crippen molar-refractivity contribution < 1.29 is 17.9 Å². The van der Waals surface area contributed by atoms with Gasteiger partial charge in [0.2, 0.25) is 5.88 Å². The molecular weight excluding hydrogens is 273 g/mol. The number of nitrogens with zero attached hydrogens (tertiary/aromatic N) is 3. The number of pyridine rings is 1. The summed E-state index contributed by atoms with van der Waals surface area (Å²) in [5.41, 5.74) is -0.160. The van der Waals surface area contributed by atoms with Gasteiger partial charge in [0.05, 0.1) is 7.11 Å². The molecule has 0 saturated heterocycles. The second-order valence-electron chi connectivity index (χ2n) is 3.86. The predicted molar refractivity (Wildman–Crippen MR) is 65.1 cm³/mol. The van der Waals surface area contributed by atoms with E-state index in [0.717, 1.165) is 11.6 Å². The van der Waals surface area contributed by atoms with Gasteiger partial charge in [0, 0.05) is 18.8 Å². The van der Waals surface area contributed by atoms with Crippen LogP contribution in [0.3, 0.4) is 0 Å². The van der Waals surface area contributed by atoms with Crippen LogP contribution in [-0.2, 0) is 12.7 Å². The minimum atomic E-state index is -4.48. The molecular formula is C12H11F3N4O. The molecule has 0 spiro atoms. The van der Waals surface area contributed by atoms with Crippen LogP contribution >= 0.6 is 0 Å². The van der Waals surface area contributed by atoms with Crippen molar-refractivity contribution in [2.75, 3.05) is 12.4 Å². The molecule has 0 amide bonds. The summed E-state index contributed by atoms with van der Waals surface area (Å²) in [4.78, 5) is 3.95. The summed E-state index contributed by atoms with van der Waals surface area (Å²) in [5, 5.41) is 9.46. The molecule has 0 saturated carbocycles. The van der Waals surface area contributed by atoms with Crippen LogP contribution in [0.4, 0.5) is 19.0 Å². The monoisotopic (exact) mass is 284 g/mol. The number of alkyl halides is 3. The lowest BCUT2D eigenvalue weighted by atomic mass is 10.2. The normalized spacial score (nSPS) is 11.2. The van der Waals surface area contributed by atoms with Crippen molar-refractivity contribution in [1.82, 2.24) is 15.2 Å². The summed E-state index contributed by atoms with van der Waals surface area (Å²) in [5.74, 6) is 0.719. The molecule has 106 valence electrons. The fourth-order valence-corrected chi connectivity index (χ4v) is 1.44. The van der Waals surface area contributed by atoms with Crippen molar-refractivity contribution in [1.29, 1.82) is 0 Å². The molecule has 0 aliphatic heterocycles. The first-order valence-corrected chi connectivity index (χ1v) is 5.63. The number of hydrogen-bond donors (Lipinski definition) is 1. The van der Waals surface area contributed by atoms with E-state index in [1.807, 2.05) is 0 Å². The summed E-state index contributed by atoms with van der Waals surface area (Å²) in [6.45, 7) is 0.374. The zero-order chi connectivity index (χ0) is 14.6. The van der Waals surface area contributed by atoms with Crippen LogP contribution < -0.4 is 10.1 Å². The molecule has 1 N–H and O–H groups in total. The largest absolute Gasteiger partial charge is 0.481 e. The lowest BCUT2D eigenvalue weighted by Gasteiger charge is -2.08. The maximum absolute atomic E-state index is 12.3. The summed E-state index contributed by atoms with van der Waals surface area (Å²) >= 11 is 0. The maximum atomic E-state index is 12.3. The highest BCUT2D eigenvalue weighted by atomic mass is 19.4. The van der Waals surface area contributed by atoms with E-state index in [1.165, 1.54) is 13.2 Å². The van der Waals surface area contributed by atoms with Crippen LogP contribution in [0, 0.1) is 0 Å². The number of anilines is 1. The van der Waals surface area contributed by atoms with Gasteiger partial charge >= 0.3 is 6.18 Å². The van der Waals surface area contributed by atoms with E-state index in [9.17, 15) is 13.2 Å². The minimum Gasteiger partial charge on any atom is -0.481 e. The lowest BCUT2D eigenvalue weighted by Crippen LogP contribution is -2.10. The van der Waals surface area contributed by atoms with Crippen molar-refractivity contribution in [3.63, 3.8) is 0 Å². The van der Waals surface area contributed by atoms with Crippen LogP contribution in [0.5, 0.6) is 5.88 Å². The van der Waals surface area contributed by atoms with E-state index >= 15 is 0 Å². The Kier molecular flexibility index (Phi) is 4.02. The molecule has 0 bridgehead atoms. The Morgan fingerprint density at radius 3 is 2.60 bits per heavy atom. The number of rotatable bonds is 4. The number of ether oxygens (including phenoxy) is 1. The van der Waals surface area contributed by atoms with E-state index in [4.69, 9.17) is 4.74 Å². The molecule has 2 rings (SSSR count). The molecule has 0 fully saturated rings. The van der Waals surface area contributed by atoms with Gasteiger partial charge in [-0.15, -0.1) is 10.2 Å². The van der Waals surface area contributed by atoms with Gasteiger partial charge < -0.3 is 10.1 Å². The Hall–Kier alpha value is -2.38. The number of halogens is 3. The molecule has 0 aliphatic rings. The summed E-state index contributed by atoms with van der Waals surface area (Å²) in [6, 6.07) is 5.58. The number of nitrogens with one attached hydrogen (secondary N) is 1. The molecule has 0 aromatic carbocycles. The fraction of sp³-hybridized carbons (Fsp3) is 0.250. The standard InChI is InChI=1S/C12H11F3N4O/c1-20-11-6-8(4-5-16-11)7-17-10-3-2-9(18-19-10)12(13,14)15/h2-6H,7H2,1H3,(H,17,19). The highest BCUT2D eigenvalue weighted by molar-refractivity contribution is 5.35. The zero-order valence-electron chi connectivity index (χ0n) is 10.5. The van der Waals surface area contributed by atoms with Crippen molar-refractivity contribution in [3.8, 4) is 5.88 Å².